The minimum absolute atomic E-state index is 0.0161. The first-order chi connectivity index (χ1) is 9.56. The van der Waals surface area contributed by atoms with Crippen LogP contribution in [0.15, 0.2) is 45.6 Å². The van der Waals surface area contributed by atoms with Gasteiger partial charge in [-0.1, -0.05) is 17.7 Å². The Morgan fingerprint density at radius 2 is 1.90 bits per heavy atom. The van der Waals surface area contributed by atoms with Crippen molar-refractivity contribution in [2.75, 3.05) is 0 Å². The Bertz CT molecular complexity index is 877. The summed E-state index contributed by atoms with van der Waals surface area (Å²) in [4.78, 5) is 15.7. The van der Waals surface area contributed by atoms with Crippen molar-refractivity contribution in [3.8, 4) is 11.5 Å². The summed E-state index contributed by atoms with van der Waals surface area (Å²) in [5, 5.41) is -0.0500. The van der Waals surface area contributed by atoms with Crippen molar-refractivity contribution in [2.45, 2.75) is 0 Å². The Morgan fingerprint density at radius 3 is 2.65 bits per heavy atom. The van der Waals surface area contributed by atoms with Crippen LogP contribution < -0.4 is 5.63 Å². The molecule has 100 valence electrons. The van der Waals surface area contributed by atoms with Gasteiger partial charge in [-0.3, -0.25) is 0 Å². The highest BCUT2D eigenvalue weighted by Gasteiger charge is 2.14. The maximum absolute atomic E-state index is 13.8. The highest BCUT2D eigenvalue weighted by Crippen LogP contribution is 2.24. The quantitative estimate of drug-likeness (QED) is 0.685. The number of aromatic nitrogens is 1. The molecule has 0 N–H and O–H groups in total. The van der Waals surface area contributed by atoms with Crippen LogP contribution in [0.5, 0.6) is 0 Å². The molecular weight excluding hydrogens is 288 g/mol. The molecule has 0 bridgehead atoms. The van der Waals surface area contributed by atoms with Gasteiger partial charge in [-0.2, -0.15) is 0 Å². The fourth-order valence-corrected chi connectivity index (χ4v) is 2.02. The molecule has 0 aliphatic rings. The Hall–Kier alpha value is -2.27. The number of rotatable bonds is 1. The third-order valence-corrected chi connectivity index (χ3v) is 3.00. The standard InChI is InChI=1S/C14H6ClF2NO2/c15-7-4-5-8(10(17)6-7)13-18-11-3-1-2-9(16)12(11)14(19)20-13/h1-6H. The van der Waals surface area contributed by atoms with Crippen LogP contribution >= 0.6 is 11.6 Å². The summed E-state index contributed by atoms with van der Waals surface area (Å²) >= 11 is 5.65. The zero-order valence-corrected chi connectivity index (χ0v) is 10.6. The summed E-state index contributed by atoms with van der Waals surface area (Å²) in [5.74, 6) is -1.63. The fourth-order valence-electron chi connectivity index (χ4n) is 1.86. The Balaban J connectivity index is 2.31. The van der Waals surface area contributed by atoms with Gasteiger partial charge < -0.3 is 4.42 Å². The normalized spacial score (nSPS) is 10.9. The lowest BCUT2D eigenvalue weighted by molar-refractivity contribution is 0.507. The average molecular weight is 294 g/mol. The molecule has 3 nitrogen and oxygen atoms in total. The molecule has 0 spiro atoms. The second kappa shape index (κ2) is 4.68. The van der Waals surface area contributed by atoms with Gasteiger partial charge in [-0.05, 0) is 30.3 Å². The largest absolute Gasteiger partial charge is 0.403 e. The van der Waals surface area contributed by atoms with Crippen molar-refractivity contribution in [2.24, 2.45) is 0 Å². The number of hydrogen-bond acceptors (Lipinski definition) is 3. The first kappa shape index (κ1) is 12.7. The number of halogens is 3. The second-order valence-electron chi connectivity index (χ2n) is 4.06. The van der Waals surface area contributed by atoms with Crippen LogP contribution in [0.25, 0.3) is 22.4 Å². The lowest BCUT2D eigenvalue weighted by Crippen LogP contribution is -2.05. The molecule has 3 aromatic rings. The van der Waals surface area contributed by atoms with E-state index in [1.165, 1.54) is 24.3 Å². The summed E-state index contributed by atoms with van der Waals surface area (Å²) in [5.41, 5.74) is -0.819. The molecule has 3 rings (SSSR count). The van der Waals surface area contributed by atoms with Gasteiger partial charge in [0.25, 0.3) is 0 Å². The summed E-state index contributed by atoms with van der Waals surface area (Å²) in [6.07, 6.45) is 0. The average Bonchev–Trinajstić information content (AvgIpc) is 2.38. The van der Waals surface area contributed by atoms with E-state index >= 15 is 0 Å². The predicted molar refractivity (Wildman–Crippen MR) is 70.6 cm³/mol. The summed E-state index contributed by atoms with van der Waals surface area (Å²) in [6, 6.07) is 7.85. The van der Waals surface area contributed by atoms with E-state index in [2.05, 4.69) is 4.98 Å². The number of hydrogen-bond donors (Lipinski definition) is 0. The highest BCUT2D eigenvalue weighted by atomic mass is 35.5. The molecule has 0 fully saturated rings. The number of nitrogens with zero attached hydrogens (tertiary/aromatic N) is 1. The minimum atomic E-state index is -0.905. The van der Waals surface area contributed by atoms with E-state index in [-0.39, 0.29) is 27.4 Å². The van der Waals surface area contributed by atoms with Gasteiger partial charge >= 0.3 is 5.63 Å². The number of fused-ring (bicyclic) bond motifs is 1. The van der Waals surface area contributed by atoms with Gasteiger partial charge in [0.1, 0.15) is 17.0 Å². The first-order valence-corrected chi connectivity index (χ1v) is 5.99. The summed E-state index contributed by atoms with van der Waals surface area (Å²) in [7, 11) is 0. The maximum Gasteiger partial charge on any atom is 0.350 e. The van der Waals surface area contributed by atoms with Crippen molar-refractivity contribution < 1.29 is 13.2 Å². The van der Waals surface area contributed by atoms with E-state index in [1.54, 1.807) is 0 Å². The van der Waals surface area contributed by atoms with Gasteiger partial charge in [0, 0.05) is 5.02 Å². The van der Waals surface area contributed by atoms with Crippen LogP contribution in [0, 0.1) is 11.6 Å². The van der Waals surface area contributed by atoms with Gasteiger partial charge in [-0.25, -0.2) is 18.6 Å². The molecule has 0 saturated carbocycles. The van der Waals surface area contributed by atoms with Crippen molar-refractivity contribution in [1.82, 2.24) is 4.98 Å². The van der Waals surface area contributed by atoms with Gasteiger partial charge in [0.05, 0.1) is 11.1 Å². The zero-order chi connectivity index (χ0) is 14.3. The summed E-state index contributed by atoms with van der Waals surface area (Å²) in [6.45, 7) is 0. The molecule has 2 aromatic carbocycles. The van der Waals surface area contributed by atoms with Crippen LogP contribution in [-0.2, 0) is 0 Å². The first-order valence-electron chi connectivity index (χ1n) is 5.61. The van der Waals surface area contributed by atoms with Crippen LogP contribution in [-0.4, -0.2) is 4.98 Å². The fraction of sp³-hybridized carbons (Fsp3) is 0. The Labute approximate surface area is 116 Å². The van der Waals surface area contributed by atoms with Crippen molar-refractivity contribution in [3.63, 3.8) is 0 Å². The monoisotopic (exact) mass is 293 g/mol. The molecule has 0 saturated heterocycles. The van der Waals surface area contributed by atoms with Crippen LogP contribution in [0.3, 0.4) is 0 Å². The molecule has 20 heavy (non-hydrogen) atoms. The van der Waals surface area contributed by atoms with Gasteiger partial charge in [-0.15, -0.1) is 0 Å². The Kier molecular flexibility index (Phi) is 2.99. The molecule has 1 aromatic heterocycles. The van der Waals surface area contributed by atoms with E-state index in [0.29, 0.717) is 0 Å². The van der Waals surface area contributed by atoms with Crippen molar-refractivity contribution in [3.05, 3.63) is 63.5 Å². The molecule has 0 amide bonds. The van der Waals surface area contributed by atoms with E-state index in [1.807, 2.05) is 0 Å². The van der Waals surface area contributed by atoms with Crippen LogP contribution in [0.1, 0.15) is 0 Å². The van der Waals surface area contributed by atoms with Crippen LogP contribution in [0.4, 0.5) is 8.78 Å². The van der Waals surface area contributed by atoms with Crippen LogP contribution in [0.2, 0.25) is 5.02 Å². The van der Waals surface area contributed by atoms with Crippen molar-refractivity contribution >= 4 is 22.5 Å². The van der Waals surface area contributed by atoms with E-state index in [0.717, 1.165) is 12.1 Å². The zero-order valence-electron chi connectivity index (χ0n) is 9.86. The molecule has 0 aliphatic heterocycles. The lowest BCUT2D eigenvalue weighted by Gasteiger charge is -2.03. The van der Waals surface area contributed by atoms with E-state index in [9.17, 15) is 13.6 Å². The third-order valence-electron chi connectivity index (χ3n) is 2.77. The topological polar surface area (TPSA) is 43.1 Å². The predicted octanol–water partition coefficient (Wildman–Crippen LogP) is 3.79. The molecular formula is C14H6ClF2NO2. The third kappa shape index (κ3) is 2.06. The SMILES string of the molecule is O=c1oc(-c2ccc(Cl)cc2F)nc2cccc(F)c12. The highest BCUT2D eigenvalue weighted by molar-refractivity contribution is 6.30. The van der Waals surface area contributed by atoms with Crippen molar-refractivity contribution in [1.29, 1.82) is 0 Å². The minimum Gasteiger partial charge on any atom is -0.403 e. The molecule has 0 aliphatic carbocycles. The molecule has 1 heterocycles. The van der Waals surface area contributed by atoms with Gasteiger partial charge in [0.2, 0.25) is 5.89 Å². The molecule has 0 atom stereocenters. The molecule has 0 radical (unpaired) electrons. The maximum atomic E-state index is 13.8. The smallest absolute Gasteiger partial charge is 0.350 e. The Morgan fingerprint density at radius 1 is 1.10 bits per heavy atom. The van der Waals surface area contributed by atoms with E-state index < -0.39 is 17.3 Å². The summed E-state index contributed by atoms with van der Waals surface area (Å²) < 4.78 is 32.2. The van der Waals surface area contributed by atoms with Gasteiger partial charge in [0.15, 0.2) is 0 Å². The van der Waals surface area contributed by atoms with E-state index in [4.69, 9.17) is 16.0 Å². The lowest BCUT2D eigenvalue weighted by atomic mass is 10.2. The molecule has 0 unspecified atom stereocenters. The molecule has 6 heteroatoms. The second-order valence-corrected chi connectivity index (χ2v) is 4.50. The number of benzene rings is 2.